The Morgan fingerprint density at radius 2 is 1.91 bits per heavy atom. The molecule has 0 atom stereocenters. The highest BCUT2D eigenvalue weighted by molar-refractivity contribution is 6.05. The number of esters is 1. The minimum absolute atomic E-state index is 0.294. The predicted octanol–water partition coefficient (Wildman–Crippen LogP) is 3.11. The molecule has 116 valence electrons. The molecular weight excluding hydrogens is 284 g/mol. The van der Waals surface area contributed by atoms with Crippen molar-refractivity contribution < 1.29 is 18.8 Å². The SMILES string of the molecule is CCCOC(=O)c1ccc(NC(=O)c2c(C)noc2C)cc1. The largest absolute Gasteiger partial charge is 0.462 e. The third-order valence-electron chi connectivity index (χ3n) is 3.08. The number of carbonyl (C=O) groups excluding carboxylic acids is 2. The number of nitrogens with zero attached hydrogens (tertiary/aromatic N) is 1. The van der Waals surface area contributed by atoms with E-state index in [0.29, 0.717) is 34.9 Å². The second kappa shape index (κ2) is 6.89. The van der Waals surface area contributed by atoms with Crippen LogP contribution in [0, 0.1) is 13.8 Å². The number of nitrogens with one attached hydrogen (secondary N) is 1. The zero-order valence-corrected chi connectivity index (χ0v) is 12.8. The van der Waals surface area contributed by atoms with Gasteiger partial charge in [-0.05, 0) is 44.5 Å². The normalized spacial score (nSPS) is 10.3. The van der Waals surface area contributed by atoms with Gasteiger partial charge in [0.2, 0.25) is 0 Å². The van der Waals surface area contributed by atoms with E-state index in [2.05, 4.69) is 10.5 Å². The number of hydrogen-bond acceptors (Lipinski definition) is 5. The van der Waals surface area contributed by atoms with E-state index >= 15 is 0 Å². The van der Waals surface area contributed by atoms with Gasteiger partial charge in [-0.1, -0.05) is 12.1 Å². The molecule has 1 N–H and O–H groups in total. The molecule has 1 aromatic heterocycles. The van der Waals surface area contributed by atoms with Crippen LogP contribution in [0.4, 0.5) is 5.69 Å². The Kier molecular flexibility index (Phi) is 4.93. The van der Waals surface area contributed by atoms with Crippen LogP contribution in [0.15, 0.2) is 28.8 Å². The number of carbonyl (C=O) groups is 2. The summed E-state index contributed by atoms with van der Waals surface area (Å²) in [5, 5.41) is 6.49. The molecule has 0 spiro atoms. The number of hydrogen-bond donors (Lipinski definition) is 1. The highest BCUT2D eigenvalue weighted by Gasteiger charge is 2.17. The maximum atomic E-state index is 12.2. The number of anilines is 1. The Bertz CT molecular complexity index is 654. The lowest BCUT2D eigenvalue weighted by Gasteiger charge is -2.06. The molecule has 0 aliphatic heterocycles. The lowest BCUT2D eigenvalue weighted by Crippen LogP contribution is -2.14. The van der Waals surface area contributed by atoms with Crippen molar-refractivity contribution in [3.05, 3.63) is 46.8 Å². The first-order valence-corrected chi connectivity index (χ1v) is 7.04. The first-order chi connectivity index (χ1) is 10.5. The van der Waals surface area contributed by atoms with Crippen LogP contribution in [-0.4, -0.2) is 23.6 Å². The molecule has 0 aliphatic carbocycles. The van der Waals surface area contributed by atoms with Gasteiger partial charge in [0.15, 0.2) is 0 Å². The van der Waals surface area contributed by atoms with Crippen molar-refractivity contribution in [3.63, 3.8) is 0 Å². The summed E-state index contributed by atoms with van der Waals surface area (Å²) in [6, 6.07) is 6.53. The zero-order chi connectivity index (χ0) is 16.1. The molecule has 0 aliphatic rings. The van der Waals surface area contributed by atoms with E-state index in [1.165, 1.54) is 0 Å². The summed E-state index contributed by atoms with van der Waals surface area (Å²) in [5.74, 6) is -0.197. The smallest absolute Gasteiger partial charge is 0.338 e. The Labute approximate surface area is 128 Å². The maximum Gasteiger partial charge on any atom is 0.338 e. The van der Waals surface area contributed by atoms with Crippen LogP contribution >= 0.6 is 0 Å². The average Bonchev–Trinajstić information content (AvgIpc) is 2.84. The molecule has 0 saturated heterocycles. The molecule has 1 amide bonds. The van der Waals surface area contributed by atoms with E-state index in [9.17, 15) is 9.59 Å². The zero-order valence-electron chi connectivity index (χ0n) is 12.8. The van der Waals surface area contributed by atoms with Gasteiger partial charge in [-0.15, -0.1) is 0 Å². The van der Waals surface area contributed by atoms with Crippen LogP contribution in [-0.2, 0) is 4.74 Å². The van der Waals surface area contributed by atoms with Gasteiger partial charge in [-0.3, -0.25) is 4.79 Å². The summed E-state index contributed by atoms with van der Waals surface area (Å²) in [5.41, 5.74) is 1.99. The van der Waals surface area contributed by atoms with E-state index in [-0.39, 0.29) is 11.9 Å². The highest BCUT2D eigenvalue weighted by Crippen LogP contribution is 2.16. The van der Waals surface area contributed by atoms with E-state index in [4.69, 9.17) is 9.26 Å². The maximum absolute atomic E-state index is 12.2. The molecule has 0 bridgehead atoms. The summed E-state index contributed by atoms with van der Waals surface area (Å²) in [7, 11) is 0. The first-order valence-electron chi connectivity index (χ1n) is 7.04. The van der Waals surface area contributed by atoms with Gasteiger partial charge in [-0.25, -0.2) is 4.79 Å². The van der Waals surface area contributed by atoms with E-state index in [1.807, 2.05) is 6.92 Å². The Hall–Kier alpha value is -2.63. The summed E-state index contributed by atoms with van der Waals surface area (Å²) in [4.78, 5) is 23.9. The van der Waals surface area contributed by atoms with Gasteiger partial charge in [0.1, 0.15) is 11.3 Å². The van der Waals surface area contributed by atoms with Crippen molar-refractivity contribution >= 4 is 17.6 Å². The average molecular weight is 302 g/mol. The van der Waals surface area contributed by atoms with Crippen molar-refractivity contribution in [2.75, 3.05) is 11.9 Å². The molecule has 1 aromatic carbocycles. The molecule has 22 heavy (non-hydrogen) atoms. The molecule has 2 aromatic rings. The summed E-state index contributed by atoms with van der Waals surface area (Å²) in [6.45, 7) is 5.71. The van der Waals surface area contributed by atoms with Crippen molar-refractivity contribution in [1.29, 1.82) is 0 Å². The fourth-order valence-corrected chi connectivity index (χ4v) is 1.97. The predicted molar refractivity (Wildman–Crippen MR) is 80.9 cm³/mol. The third-order valence-corrected chi connectivity index (χ3v) is 3.08. The van der Waals surface area contributed by atoms with E-state index < -0.39 is 0 Å². The van der Waals surface area contributed by atoms with Crippen molar-refractivity contribution in [3.8, 4) is 0 Å². The van der Waals surface area contributed by atoms with Crippen LogP contribution in [0.2, 0.25) is 0 Å². The standard InChI is InChI=1S/C16H18N2O4/c1-4-9-21-16(20)12-5-7-13(8-6-12)17-15(19)14-10(2)18-22-11(14)3/h5-8H,4,9H2,1-3H3,(H,17,19). The molecular formula is C16H18N2O4. The van der Waals surface area contributed by atoms with Gasteiger partial charge < -0.3 is 14.6 Å². The molecule has 1 heterocycles. The van der Waals surface area contributed by atoms with Crippen molar-refractivity contribution in [1.82, 2.24) is 5.16 Å². The van der Waals surface area contributed by atoms with Gasteiger partial charge in [0, 0.05) is 5.69 Å². The van der Waals surface area contributed by atoms with Crippen LogP contribution in [0.3, 0.4) is 0 Å². The van der Waals surface area contributed by atoms with Gasteiger partial charge in [-0.2, -0.15) is 0 Å². The van der Waals surface area contributed by atoms with Crippen molar-refractivity contribution in [2.24, 2.45) is 0 Å². The lowest BCUT2D eigenvalue weighted by molar-refractivity contribution is 0.0505. The minimum Gasteiger partial charge on any atom is -0.462 e. The van der Waals surface area contributed by atoms with Crippen LogP contribution in [0.25, 0.3) is 0 Å². The number of benzene rings is 1. The lowest BCUT2D eigenvalue weighted by atomic mass is 10.1. The van der Waals surface area contributed by atoms with Crippen LogP contribution in [0.5, 0.6) is 0 Å². The molecule has 0 fully saturated rings. The van der Waals surface area contributed by atoms with Gasteiger partial charge in [0.25, 0.3) is 5.91 Å². The Balaban J connectivity index is 2.05. The fraction of sp³-hybridized carbons (Fsp3) is 0.312. The highest BCUT2D eigenvalue weighted by atomic mass is 16.5. The Morgan fingerprint density at radius 3 is 2.45 bits per heavy atom. The number of aromatic nitrogens is 1. The molecule has 0 unspecified atom stereocenters. The summed E-state index contributed by atoms with van der Waals surface area (Å²) >= 11 is 0. The second-order valence-electron chi connectivity index (χ2n) is 4.87. The van der Waals surface area contributed by atoms with Gasteiger partial charge in [0.05, 0.1) is 17.9 Å². The molecule has 6 heteroatoms. The number of aryl methyl sites for hydroxylation is 2. The third kappa shape index (κ3) is 3.52. The van der Waals surface area contributed by atoms with Gasteiger partial charge >= 0.3 is 5.97 Å². The van der Waals surface area contributed by atoms with Crippen LogP contribution in [0.1, 0.15) is 45.5 Å². The number of rotatable bonds is 5. The number of ether oxygens (including phenoxy) is 1. The second-order valence-corrected chi connectivity index (χ2v) is 4.87. The number of amides is 1. The topological polar surface area (TPSA) is 81.4 Å². The minimum atomic E-state index is -0.370. The van der Waals surface area contributed by atoms with E-state index in [1.54, 1.807) is 38.1 Å². The first kappa shape index (κ1) is 15.8. The summed E-state index contributed by atoms with van der Waals surface area (Å²) in [6.07, 6.45) is 0.775. The molecule has 0 radical (unpaired) electrons. The molecule has 0 saturated carbocycles. The van der Waals surface area contributed by atoms with Crippen molar-refractivity contribution in [2.45, 2.75) is 27.2 Å². The Morgan fingerprint density at radius 1 is 1.23 bits per heavy atom. The van der Waals surface area contributed by atoms with E-state index in [0.717, 1.165) is 6.42 Å². The fourth-order valence-electron chi connectivity index (χ4n) is 1.97. The molecule has 2 rings (SSSR count). The summed E-state index contributed by atoms with van der Waals surface area (Å²) < 4.78 is 10.0. The molecule has 6 nitrogen and oxygen atoms in total. The van der Waals surface area contributed by atoms with Crippen LogP contribution < -0.4 is 5.32 Å². The monoisotopic (exact) mass is 302 g/mol. The quantitative estimate of drug-likeness (QED) is 0.858.